The number of para-hydroxylation sites is 2. The molecule has 4 aromatic heterocycles. The maximum atomic E-state index is 6.70. The zero-order valence-corrected chi connectivity index (χ0v) is 45.2. The minimum atomic E-state index is -1.34. The van der Waals surface area contributed by atoms with Crippen LogP contribution >= 0.6 is 0 Å². The van der Waals surface area contributed by atoms with Crippen LogP contribution in [0.5, 0.6) is 0 Å². The number of imidazole rings is 1. The molecule has 0 spiro atoms. The second-order valence-electron chi connectivity index (χ2n) is 20.3. The predicted octanol–water partition coefficient (Wildman–Crippen LogP) is 16.3. The Kier molecular flexibility index (Phi) is 14.5. The van der Waals surface area contributed by atoms with Crippen molar-refractivity contribution in [3.05, 3.63) is 186 Å². The van der Waals surface area contributed by atoms with E-state index in [1.807, 2.05) is 24.3 Å². The van der Waals surface area contributed by atoms with E-state index in [4.69, 9.17) is 14.4 Å². The molecule has 10 aromatic rings. The van der Waals surface area contributed by atoms with Gasteiger partial charge in [0.25, 0.3) is 0 Å². The number of nitrogens with zero attached hydrogens (tertiary/aromatic N) is 4. The van der Waals surface area contributed by atoms with Crippen molar-refractivity contribution in [1.82, 2.24) is 19.5 Å². The van der Waals surface area contributed by atoms with E-state index in [2.05, 4.69) is 218 Å². The van der Waals surface area contributed by atoms with Crippen LogP contribution in [0.25, 0.3) is 83.8 Å². The van der Waals surface area contributed by atoms with E-state index in [1.54, 1.807) is 0 Å². The monoisotopic (exact) mass is 1100 g/mol. The van der Waals surface area contributed by atoms with Gasteiger partial charge in [0.05, 0.1) is 36.2 Å². The SMILES string of the molecule is CC(C)Cc1cc(-c2[c-]cccc2)ncc1[Si](C)(C)C.Cc1cccc(C)c1-c1ccc2c(n1)oc1c(-c3nc4ccccc4n3-c3c(C(C)C)cc(-c4ccccc4)cc3C(C)C)[c-]ccc12.[Ir]. The molecular weight excluding hydrogens is 1040 g/mol. The van der Waals surface area contributed by atoms with E-state index in [-0.39, 0.29) is 31.9 Å². The van der Waals surface area contributed by atoms with Crippen molar-refractivity contribution in [1.29, 1.82) is 0 Å². The molecule has 0 atom stereocenters. The molecule has 6 aromatic carbocycles. The summed E-state index contributed by atoms with van der Waals surface area (Å²) >= 11 is 0. The van der Waals surface area contributed by atoms with Crippen LogP contribution in [-0.2, 0) is 26.5 Å². The molecule has 0 amide bonds. The minimum Gasteiger partial charge on any atom is -0.486 e. The molecule has 351 valence electrons. The third kappa shape index (κ3) is 9.97. The van der Waals surface area contributed by atoms with Crippen LogP contribution in [0.1, 0.15) is 81.2 Å². The standard InChI is InChI=1S/C44H38N3O.C18H24NSi.Ir/c1-26(2)35-24-31(30-16-8-7-9-17-30)25-36(27(3)4)41(35)47-39-21-11-10-20-37(39)45-43(47)34-19-13-18-32-33-22-23-38(46-44(33)48-42(32)34)40-28(5)14-12-15-29(40)6;1-14(2)11-16-12-17(15-9-7-6-8-10-15)19-13-18(16)20(3,4)5;/h7-18,20-27H,1-6H3;6-9,12-14H,11H2,1-5H3;/q2*-1;. The Balaban J connectivity index is 0.000000257. The van der Waals surface area contributed by atoms with Crippen molar-refractivity contribution in [2.75, 3.05) is 0 Å². The smallest absolute Gasteiger partial charge is 0.216 e. The van der Waals surface area contributed by atoms with Gasteiger partial charge in [0, 0.05) is 42.9 Å². The molecule has 0 fully saturated rings. The Morgan fingerprint density at radius 3 is 1.97 bits per heavy atom. The van der Waals surface area contributed by atoms with Gasteiger partial charge in [-0.3, -0.25) is 4.98 Å². The summed E-state index contributed by atoms with van der Waals surface area (Å²) in [5.74, 6) is 2.02. The first kappa shape index (κ1) is 49.2. The van der Waals surface area contributed by atoms with Crippen LogP contribution in [0, 0.1) is 31.9 Å². The Hall–Kier alpha value is -6.24. The van der Waals surface area contributed by atoms with Crippen molar-refractivity contribution in [3.8, 4) is 50.7 Å². The molecule has 0 aliphatic carbocycles. The molecule has 0 unspecified atom stereocenters. The Bertz CT molecular complexity index is 3370. The average Bonchev–Trinajstić information content (AvgIpc) is 3.90. The predicted molar refractivity (Wildman–Crippen MR) is 289 cm³/mol. The second kappa shape index (κ2) is 20.4. The summed E-state index contributed by atoms with van der Waals surface area (Å²) < 4.78 is 9.05. The number of hydrogen-bond donors (Lipinski definition) is 0. The Morgan fingerprint density at radius 1 is 0.638 bits per heavy atom. The maximum absolute atomic E-state index is 6.70. The molecule has 0 N–H and O–H groups in total. The first-order valence-electron chi connectivity index (χ1n) is 24.2. The summed E-state index contributed by atoms with van der Waals surface area (Å²) in [6, 6.07) is 55.7. The molecule has 10 rings (SSSR count). The third-order valence-electron chi connectivity index (χ3n) is 13.0. The summed E-state index contributed by atoms with van der Waals surface area (Å²) in [5, 5.41) is 3.48. The average molecular weight is 1100 g/mol. The molecule has 0 saturated carbocycles. The Morgan fingerprint density at radius 2 is 1.32 bits per heavy atom. The molecule has 0 aliphatic heterocycles. The van der Waals surface area contributed by atoms with Gasteiger partial charge in [0.1, 0.15) is 0 Å². The summed E-state index contributed by atoms with van der Waals surface area (Å²) in [7, 11) is -1.34. The number of hydrogen-bond acceptors (Lipinski definition) is 4. The van der Waals surface area contributed by atoms with Gasteiger partial charge in [0.15, 0.2) is 0 Å². The van der Waals surface area contributed by atoms with E-state index in [0.717, 1.165) is 67.7 Å². The second-order valence-corrected chi connectivity index (χ2v) is 25.3. The molecule has 0 saturated heterocycles. The molecule has 0 bridgehead atoms. The minimum absolute atomic E-state index is 0. The molecule has 0 aliphatic rings. The van der Waals surface area contributed by atoms with E-state index < -0.39 is 8.07 Å². The van der Waals surface area contributed by atoms with Gasteiger partial charge >= 0.3 is 0 Å². The number of fused-ring (bicyclic) bond motifs is 4. The third-order valence-corrected chi connectivity index (χ3v) is 15.0. The quantitative estimate of drug-likeness (QED) is 0.101. The maximum Gasteiger partial charge on any atom is 0.216 e. The summed E-state index contributed by atoms with van der Waals surface area (Å²) in [6.45, 7) is 25.1. The fourth-order valence-electron chi connectivity index (χ4n) is 9.66. The summed E-state index contributed by atoms with van der Waals surface area (Å²) in [4.78, 5) is 15.1. The van der Waals surface area contributed by atoms with Crippen molar-refractivity contribution in [2.45, 2.75) is 93.3 Å². The van der Waals surface area contributed by atoms with Crippen molar-refractivity contribution < 1.29 is 24.5 Å². The van der Waals surface area contributed by atoms with Gasteiger partial charge < -0.3 is 14.0 Å². The fourth-order valence-corrected chi connectivity index (χ4v) is 11.3. The van der Waals surface area contributed by atoms with Gasteiger partial charge in [0.2, 0.25) is 5.71 Å². The van der Waals surface area contributed by atoms with Crippen LogP contribution in [0.2, 0.25) is 19.6 Å². The van der Waals surface area contributed by atoms with Crippen LogP contribution in [0.15, 0.2) is 150 Å². The number of aromatic nitrogens is 4. The number of aryl methyl sites for hydroxylation is 2. The van der Waals surface area contributed by atoms with Gasteiger partial charge in [-0.15, -0.1) is 54.1 Å². The van der Waals surface area contributed by atoms with Crippen LogP contribution in [-0.4, -0.2) is 27.6 Å². The van der Waals surface area contributed by atoms with Gasteiger partial charge in [-0.1, -0.05) is 144 Å². The van der Waals surface area contributed by atoms with E-state index in [1.165, 1.54) is 49.8 Å². The molecule has 69 heavy (non-hydrogen) atoms. The first-order valence-corrected chi connectivity index (χ1v) is 27.7. The van der Waals surface area contributed by atoms with Crippen molar-refractivity contribution in [3.63, 3.8) is 0 Å². The molecular formula is C62H62IrN4OSi-2. The van der Waals surface area contributed by atoms with Crippen molar-refractivity contribution in [2.24, 2.45) is 5.92 Å². The van der Waals surface area contributed by atoms with Crippen LogP contribution in [0.4, 0.5) is 0 Å². The molecule has 5 nitrogen and oxygen atoms in total. The number of rotatable bonds is 10. The zero-order chi connectivity index (χ0) is 47.9. The van der Waals surface area contributed by atoms with E-state index >= 15 is 0 Å². The van der Waals surface area contributed by atoms with Gasteiger partial charge in [-0.25, -0.2) is 4.98 Å². The van der Waals surface area contributed by atoms with Gasteiger partial charge in [-0.2, -0.15) is 0 Å². The van der Waals surface area contributed by atoms with Crippen molar-refractivity contribution >= 4 is 46.4 Å². The molecule has 7 heteroatoms. The number of benzene rings is 6. The fraction of sp³-hybridized carbons (Fsp3) is 0.242. The molecule has 1 radical (unpaired) electrons. The van der Waals surface area contributed by atoms with Gasteiger partial charge in [-0.05, 0) is 119 Å². The summed E-state index contributed by atoms with van der Waals surface area (Å²) in [6.07, 6.45) is 3.24. The van der Waals surface area contributed by atoms with E-state index in [9.17, 15) is 0 Å². The topological polar surface area (TPSA) is 56.7 Å². The largest absolute Gasteiger partial charge is 0.486 e. The van der Waals surface area contributed by atoms with Crippen LogP contribution in [0.3, 0.4) is 0 Å². The first-order chi connectivity index (χ1) is 32.7. The van der Waals surface area contributed by atoms with E-state index in [0.29, 0.717) is 11.6 Å². The Labute approximate surface area is 423 Å². The molecule has 4 heterocycles. The number of furan rings is 1. The normalized spacial score (nSPS) is 11.7. The zero-order valence-electron chi connectivity index (χ0n) is 41.8. The number of pyridine rings is 2. The summed E-state index contributed by atoms with van der Waals surface area (Å²) in [5.41, 5.74) is 18.4. The van der Waals surface area contributed by atoms with Crippen LogP contribution < -0.4 is 5.19 Å².